The Morgan fingerprint density at radius 3 is 2.76 bits per heavy atom. The molecule has 2 rings (SSSR count). The van der Waals surface area contributed by atoms with Crippen LogP contribution in [0.1, 0.15) is 28.7 Å². The summed E-state index contributed by atoms with van der Waals surface area (Å²) in [5.74, 6) is -0.525. The van der Waals surface area contributed by atoms with Crippen LogP contribution in [0.4, 0.5) is 4.39 Å². The van der Waals surface area contributed by atoms with Gasteiger partial charge in [0.2, 0.25) is 0 Å². The topological polar surface area (TPSA) is 44.1 Å². The molecule has 0 amide bonds. The van der Waals surface area contributed by atoms with Gasteiger partial charge < -0.3 is 4.74 Å². The Bertz CT molecular complexity index is 683. The summed E-state index contributed by atoms with van der Waals surface area (Å²) in [6.07, 6.45) is 0.978. The number of carbonyl (C=O) groups excluding carboxylic acids is 1. The van der Waals surface area contributed by atoms with Crippen LogP contribution in [0.2, 0.25) is 0 Å². The molecule has 112 valence electrons. The molecule has 0 aliphatic rings. The first-order valence-electron chi connectivity index (χ1n) is 6.54. The number of benzene rings is 1. The Balaban J connectivity index is 2.28. The average Bonchev–Trinajstić information content (AvgIpc) is 2.75. The molecule has 2 aromatic rings. The van der Waals surface area contributed by atoms with Gasteiger partial charge in [-0.3, -0.25) is 9.48 Å². The number of ketones is 1. The minimum absolute atomic E-state index is 0.0687. The molecular weight excluding hydrogens is 339 g/mol. The first-order valence-corrected chi connectivity index (χ1v) is 7.34. The van der Waals surface area contributed by atoms with E-state index in [1.165, 1.54) is 25.3 Å². The molecule has 21 heavy (non-hydrogen) atoms. The van der Waals surface area contributed by atoms with E-state index in [9.17, 15) is 9.18 Å². The van der Waals surface area contributed by atoms with E-state index in [1.54, 1.807) is 11.7 Å². The third-order valence-corrected chi connectivity index (χ3v) is 4.22. The van der Waals surface area contributed by atoms with E-state index in [1.807, 2.05) is 6.92 Å². The van der Waals surface area contributed by atoms with Crippen LogP contribution in [-0.4, -0.2) is 22.7 Å². The third-order valence-electron chi connectivity index (χ3n) is 3.30. The number of methoxy groups -OCH3 is 1. The van der Waals surface area contributed by atoms with Crippen LogP contribution in [0.15, 0.2) is 22.7 Å². The fraction of sp³-hybridized carbons (Fsp3) is 0.333. The second-order valence-corrected chi connectivity index (χ2v) is 5.43. The van der Waals surface area contributed by atoms with Crippen LogP contribution in [0, 0.1) is 5.82 Å². The molecule has 1 aromatic heterocycles. The minimum Gasteiger partial charge on any atom is -0.494 e. The molecule has 0 bridgehead atoms. The first kappa shape index (κ1) is 15.7. The predicted octanol–water partition coefficient (Wildman–Crippen LogP) is 3.32. The number of carbonyl (C=O) groups is 1. The summed E-state index contributed by atoms with van der Waals surface area (Å²) in [5, 5.41) is 4.36. The molecule has 4 nitrogen and oxygen atoms in total. The van der Waals surface area contributed by atoms with Crippen LogP contribution in [0.3, 0.4) is 0 Å². The van der Waals surface area contributed by atoms with Gasteiger partial charge in [-0.25, -0.2) is 4.39 Å². The molecule has 0 saturated heterocycles. The van der Waals surface area contributed by atoms with Gasteiger partial charge in [0.05, 0.1) is 29.4 Å². The molecule has 1 aromatic carbocycles. The lowest BCUT2D eigenvalue weighted by Gasteiger charge is -2.06. The van der Waals surface area contributed by atoms with E-state index in [0.717, 1.165) is 22.3 Å². The van der Waals surface area contributed by atoms with Crippen LogP contribution >= 0.6 is 15.9 Å². The van der Waals surface area contributed by atoms with Gasteiger partial charge in [0.25, 0.3) is 0 Å². The Hall–Kier alpha value is -1.69. The van der Waals surface area contributed by atoms with Crippen molar-refractivity contribution in [3.8, 4) is 5.75 Å². The lowest BCUT2D eigenvalue weighted by molar-refractivity contribution is 0.0990. The van der Waals surface area contributed by atoms with E-state index in [2.05, 4.69) is 21.0 Å². The molecule has 0 spiro atoms. The SMILES string of the molecule is CCc1nn(C)c(CC(=O)c2ccc(F)c(OC)c2)c1Br. The highest BCUT2D eigenvalue weighted by molar-refractivity contribution is 9.10. The number of nitrogens with zero attached hydrogens (tertiary/aromatic N) is 2. The van der Waals surface area contributed by atoms with Gasteiger partial charge in [-0.15, -0.1) is 0 Å². The number of hydrogen-bond acceptors (Lipinski definition) is 3. The van der Waals surface area contributed by atoms with E-state index in [-0.39, 0.29) is 18.0 Å². The van der Waals surface area contributed by atoms with Gasteiger partial charge >= 0.3 is 0 Å². The third kappa shape index (κ3) is 3.15. The summed E-state index contributed by atoms with van der Waals surface area (Å²) in [4.78, 5) is 12.4. The summed E-state index contributed by atoms with van der Waals surface area (Å²) in [5.41, 5.74) is 2.14. The van der Waals surface area contributed by atoms with Crippen molar-refractivity contribution >= 4 is 21.7 Å². The summed E-state index contributed by atoms with van der Waals surface area (Å²) < 4.78 is 20.8. The number of hydrogen-bond donors (Lipinski definition) is 0. The molecule has 0 N–H and O–H groups in total. The van der Waals surface area contributed by atoms with Crippen molar-refractivity contribution in [2.24, 2.45) is 7.05 Å². The Labute approximate surface area is 131 Å². The van der Waals surface area contributed by atoms with Crippen molar-refractivity contribution in [1.82, 2.24) is 9.78 Å². The highest BCUT2D eigenvalue weighted by atomic mass is 79.9. The Morgan fingerprint density at radius 2 is 2.19 bits per heavy atom. The standard InChI is InChI=1S/C15H16BrFN2O2/c1-4-11-15(16)12(19(2)18-11)8-13(20)9-5-6-10(17)14(7-9)21-3/h5-7H,4,8H2,1-3H3. The lowest BCUT2D eigenvalue weighted by atomic mass is 10.1. The number of halogens is 2. The maximum Gasteiger partial charge on any atom is 0.168 e. The van der Waals surface area contributed by atoms with Gasteiger partial charge in [0.15, 0.2) is 17.3 Å². The highest BCUT2D eigenvalue weighted by Crippen LogP contribution is 2.24. The summed E-state index contributed by atoms with van der Waals surface area (Å²) in [7, 11) is 3.18. The molecule has 0 fully saturated rings. The van der Waals surface area contributed by atoms with Gasteiger partial charge in [-0.2, -0.15) is 5.10 Å². The van der Waals surface area contributed by atoms with Crippen molar-refractivity contribution in [1.29, 1.82) is 0 Å². The maximum absolute atomic E-state index is 13.4. The van der Waals surface area contributed by atoms with E-state index < -0.39 is 5.82 Å². The van der Waals surface area contributed by atoms with Crippen molar-refractivity contribution in [3.63, 3.8) is 0 Å². The lowest BCUT2D eigenvalue weighted by Crippen LogP contribution is -2.09. The monoisotopic (exact) mass is 354 g/mol. The zero-order valence-corrected chi connectivity index (χ0v) is 13.7. The number of ether oxygens (including phenoxy) is 1. The molecule has 0 atom stereocenters. The smallest absolute Gasteiger partial charge is 0.168 e. The van der Waals surface area contributed by atoms with Gasteiger partial charge in [0, 0.05) is 12.6 Å². The van der Waals surface area contributed by atoms with E-state index >= 15 is 0 Å². The molecule has 0 aliphatic heterocycles. The summed E-state index contributed by atoms with van der Waals surface area (Å²) >= 11 is 3.48. The molecular formula is C15H16BrFN2O2. The fourth-order valence-corrected chi connectivity index (χ4v) is 2.86. The fourth-order valence-electron chi connectivity index (χ4n) is 2.10. The Kier molecular flexibility index (Phi) is 4.77. The number of Topliss-reactive ketones (excluding diaryl/α,β-unsaturated/α-hetero) is 1. The Morgan fingerprint density at radius 1 is 1.48 bits per heavy atom. The van der Waals surface area contributed by atoms with Crippen molar-refractivity contribution in [2.45, 2.75) is 19.8 Å². The summed E-state index contributed by atoms with van der Waals surface area (Å²) in [6.45, 7) is 2.00. The molecule has 0 aliphatic carbocycles. The van der Waals surface area contributed by atoms with Crippen molar-refractivity contribution in [2.75, 3.05) is 7.11 Å². The van der Waals surface area contributed by atoms with Crippen LogP contribution in [0.25, 0.3) is 0 Å². The second-order valence-electron chi connectivity index (χ2n) is 4.63. The number of rotatable bonds is 5. The van der Waals surface area contributed by atoms with Gasteiger partial charge in [0.1, 0.15) is 0 Å². The van der Waals surface area contributed by atoms with Gasteiger partial charge in [-0.05, 0) is 40.5 Å². The second kappa shape index (κ2) is 6.39. The van der Waals surface area contributed by atoms with Crippen LogP contribution in [0.5, 0.6) is 5.75 Å². The van der Waals surface area contributed by atoms with E-state index in [4.69, 9.17) is 4.74 Å². The van der Waals surface area contributed by atoms with Crippen LogP contribution in [-0.2, 0) is 19.9 Å². The average molecular weight is 355 g/mol. The largest absolute Gasteiger partial charge is 0.494 e. The normalized spacial score (nSPS) is 10.7. The zero-order valence-electron chi connectivity index (χ0n) is 12.1. The minimum atomic E-state index is -0.482. The summed E-state index contributed by atoms with van der Waals surface area (Å²) in [6, 6.07) is 4.12. The molecule has 1 heterocycles. The highest BCUT2D eigenvalue weighted by Gasteiger charge is 2.17. The zero-order chi connectivity index (χ0) is 15.6. The molecule has 0 saturated carbocycles. The molecule has 0 radical (unpaired) electrons. The first-order chi connectivity index (χ1) is 9.97. The maximum atomic E-state index is 13.4. The number of aromatic nitrogens is 2. The quantitative estimate of drug-likeness (QED) is 0.773. The predicted molar refractivity (Wildman–Crippen MR) is 81.3 cm³/mol. The van der Waals surface area contributed by atoms with Crippen LogP contribution < -0.4 is 4.74 Å². The number of aryl methyl sites for hydroxylation is 2. The molecule has 0 unspecified atom stereocenters. The van der Waals surface area contributed by atoms with E-state index in [0.29, 0.717) is 5.56 Å². The van der Waals surface area contributed by atoms with Gasteiger partial charge in [-0.1, -0.05) is 6.92 Å². The van der Waals surface area contributed by atoms with Crippen molar-refractivity contribution in [3.05, 3.63) is 45.4 Å². The van der Waals surface area contributed by atoms with Crippen molar-refractivity contribution < 1.29 is 13.9 Å². The molecule has 6 heteroatoms.